The molecule has 2 heterocycles. The topological polar surface area (TPSA) is 77.0 Å². The van der Waals surface area contributed by atoms with E-state index in [4.69, 9.17) is 9.72 Å². The van der Waals surface area contributed by atoms with Crippen molar-refractivity contribution >= 4 is 29.0 Å². The Labute approximate surface area is 195 Å². The molecule has 162 valence electrons. The molecule has 0 aliphatic rings. The third-order valence-electron chi connectivity index (χ3n) is 4.67. The molecule has 0 atom stereocenters. The maximum absolute atomic E-state index is 12.1. The first kappa shape index (κ1) is 22.0. The number of aryl methyl sites for hydroxylation is 1. The monoisotopic (exact) mass is 462 g/mol. The molecule has 4 aromatic rings. The Hall–Kier alpha value is -3.23. The van der Waals surface area contributed by atoms with E-state index in [1.54, 1.807) is 18.4 Å². The van der Waals surface area contributed by atoms with E-state index >= 15 is 0 Å². The molecule has 1 N–H and O–H groups in total. The zero-order chi connectivity index (χ0) is 22.3. The quantitative estimate of drug-likeness (QED) is 0.372. The van der Waals surface area contributed by atoms with E-state index in [0.29, 0.717) is 17.3 Å². The second kappa shape index (κ2) is 10.4. The van der Waals surface area contributed by atoms with Crippen LogP contribution in [0.1, 0.15) is 11.3 Å². The van der Waals surface area contributed by atoms with Crippen LogP contribution in [0.5, 0.6) is 5.75 Å². The molecule has 0 unspecified atom stereocenters. The molecule has 2 aromatic heterocycles. The van der Waals surface area contributed by atoms with Gasteiger partial charge in [-0.25, -0.2) is 4.98 Å². The molecule has 0 saturated carbocycles. The Morgan fingerprint density at radius 3 is 2.66 bits per heavy atom. The van der Waals surface area contributed by atoms with E-state index < -0.39 is 0 Å². The Kier molecular flexibility index (Phi) is 7.14. The molecule has 0 spiro atoms. The van der Waals surface area contributed by atoms with Gasteiger partial charge >= 0.3 is 0 Å². The molecule has 4 rings (SSSR count). The van der Waals surface area contributed by atoms with Crippen LogP contribution in [-0.4, -0.2) is 34.0 Å². The van der Waals surface area contributed by atoms with E-state index in [-0.39, 0.29) is 5.91 Å². The van der Waals surface area contributed by atoms with Crippen LogP contribution in [0.3, 0.4) is 0 Å². The highest BCUT2D eigenvalue weighted by atomic mass is 32.2. The van der Waals surface area contributed by atoms with Gasteiger partial charge in [-0.15, -0.1) is 21.5 Å². The largest absolute Gasteiger partial charge is 0.497 e. The van der Waals surface area contributed by atoms with E-state index in [1.165, 1.54) is 11.8 Å². The standard InChI is InChI=1S/C24H22N4O2S2/c1-16-23(32-24(26-16)18-9-6-10-19(13-18)30-2)20-11-12-22(28-27-20)31-15-21(29)25-14-17-7-4-3-5-8-17/h3-13H,14-15H2,1-2H3,(H,25,29). The fourth-order valence-electron chi connectivity index (χ4n) is 3.02. The van der Waals surface area contributed by atoms with Crippen molar-refractivity contribution in [2.75, 3.05) is 12.9 Å². The van der Waals surface area contributed by atoms with Gasteiger partial charge < -0.3 is 10.1 Å². The lowest BCUT2D eigenvalue weighted by Crippen LogP contribution is -2.24. The number of methoxy groups -OCH3 is 1. The molecule has 0 aliphatic carbocycles. The van der Waals surface area contributed by atoms with Crippen molar-refractivity contribution in [2.45, 2.75) is 18.5 Å². The van der Waals surface area contributed by atoms with Crippen LogP contribution in [0.15, 0.2) is 71.8 Å². The number of carbonyl (C=O) groups is 1. The van der Waals surface area contributed by atoms with Crippen molar-refractivity contribution in [1.82, 2.24) is 20.5 Å². The second-order valence-corrected chi connectivity index (χ2v) is 8.97. The van der Waals surface area contributed by atoms with E-state index in [2.05, 4.69) is 15.5 Å². The minimum atomic E-state index is -0.0361. The number of ether oxygens (including phenoxy) is 1. The molecule has 8 heteroatoms. The number of hydrogen-bond acceptors (Lipinski definition) is 7. The van der Waals surface area contributed by atoms with Gasteiger partial charge in [-0.05, 0) is 36.8 Å². The van der Waals surface area contributed by atoms with Gasteiger partial charge in [-0.3, -0.25) is 4.79 Å². The molecule has 0 aliphatic heterocycles. The number of benzene rings is 2. The molecule has 0 radical (unpaired) electrons. The Morgan fingerprint density at radius 1 is 1.06 bits per heavy atom. The number of hydrogen-bond donors (Lipinski definition) is 1. The third kappa shape index (κ3) is 5.52. The summed E-state index contributed by atoms with van der Waals surface area (Å²) in [4.78, 5) is 17.8. The maximum Gasteiger partial charge on any atom is 0.230 e. The lowest BCUT2D eigenvalue weighted by atomic mass is 10.2. The summed E-state index contributed by atoms with van der Waals surface area (Å²) in [5, 5.41) is 13.2. The minimum Gasteiger partial charge on any atom is -0.497 e. The average molecular weight is 463 g/mol. The number of amides is 1. The number of aromatic nitrogens is 3. The molecule has 1 amide bonds. The van der Waals surface area contributed by atoms with Crippen molar-refractivity contribution < 1.29 is 9.53 Å². The smallest absolute Gasteiger partial charge is 0.230 e. The number of rotatable bonds is 8. The van der Waals surface area contributed by atoms with Crippen molar-refractivity contribution in [3.63, 3.8) is 0 Å². The first-order valence-electron chi connectivity index (χ1n) is 10.0. The summed E-state index contributed by atoms with van der Waals surface area (Å²) in [5.74, 6) is 1.05. The summed E-state index contributed by atoms with van der Waals surface area (Å²) in [6.45, 7) is 2.49. The SMILES string of the molecule is COc1cccc(-c2nc(C)c(-c3ccc(SCC(=O)NCc4ccccc4)nn3)s2)c1. The van der Waals surface area contributed by atoms with E-state index in [9.17, 15) is 4.79 Å². The molecule has 6 nitrogen and oxygen atoms in total. The van der Waals surface area contributed by atoms with Gasteiger partial charge in [-0.1, -0.05) is 54.2 Å². The van der Waals surface area contributed by atoms with Crippen molar-refractivity contribution in [3.05, 3.63) is 78.0 Å². The molecular weight excluding hydrogens is 440 g/mol. The molecule has 0 saturated heterocycles. The summed E-state index contributed by atoms with van der Waals surface area (Å²) in [7, 11) is 1.65. The Bertz CT molecular complexity index is 1190. The zero-order valence-corrected chi connectivity index (χ0v) is 19.4. The summed E-state index contributed by atoms with van der Waals surface area (Å²) >= 11 is 2.94. The molecule has 2 aromatic carbocycles. The van der Waals surface area contributed by atoms with Gasteiger partial charge in [0.05, 0.1) is 23.4 Å². The normalized spacial score (nSPS) is 10.7. The molecular formula is C24H22N4O2S2. The molecule has 0 fully saturated rings. The van der Waals surface area contributed by atoms with Gasteiger partial charge in [0.2, 0.25) is 5.91 Å². The average Bonchev–Trinajstić information content (AvgIpc) is 3.24. The van der Waals surface area contributed by atoms with Gasteiger partial charge in [0.1, 0.15) is 21.5 Å². The van der Waals surface area contributed by atoms with Gasteiger partial charge in [-0.2, -0.15) is 0 Å². The maximum atomic E-state index is 12.1. The van der Waals surface area contributed by atoms with Gasteiger partial charge in [0, 0.05) is 12.1 Å². The minimum absolute atomic E-state index is 0.0361. The highest BCUT2D eigenvalue weighted by Gasteiger charge is 2.14. The summed E-state index contributed by atoms with van der Waals surface area (Å²) in [5.41, 5.74) is 3.75. The number of thiazole rings is 1. The first-order valence-corrected chi connectivity index (χ1v) is 11.8. The fraction of sp³-hybridized carbons (Fsp3) is 0.167. The lowest BCUT2D eigenvalue weighted by Gasteiger charge is -2.05. The lowest BCUT2D eigenvalue weighted by molar-refractivity contribution is -0.118. The van der Waals surface area contributed by atoms with Crippen molar-refractivity contribution in [3.8, 4) is 26.9 Å². The Morgan fingerprint density at radius 2 is 1.91 bits per heavy atom. The van der Waals surface area contributed by atoms with Crippen LogP contribution in [0, 0.1) is 6.92 Å². The number of nitrogens with zero attached hydrogens (tertiary/aromatic N) is 3. The van der Waals surface area contributed by atoms with Crippen LogP contribution in [0.2, 0.25) is 0 Å². The van der Waals surface area contributed by atoms with Gasteiger partial charge in [0.25, 0.3) is 0 Å². The van der Waals surface area contributed by atoms with Crippen LogP contribution in [0.25, 0.3) is 21.1 Å². The first-order chi connectivity index (χ1) is 15.6. The third-order valence-corrected chi connectivity index (χ3v) is 6.82. The number of thioether (sulfide) groups is 1. The number of nitrogens with one attached hydrogen (secondary N) is 1. The van der Waals surface area contributed by atoms with Crippen LogP contribution >= 0.6 is 23.1 Å². The van der Waals surface area contributed by atoms with Gasteiger partial charge in [0.15, 0.2) is 0 Å². The van der Waals surface area contributed by atoms with Crippen LogP contribution in [0.4, 0.5) is 0 Å². The van der Waals surface area contributed by atoms with Crippen LogP contribution < -0.4 is 10.1 Å². The van der Waals surface area contributed by atoms with Crippen molar-refractivity contribution in [2.24, 2.45) is 0 Å². The number of carbonyl (C=O) groups excluding carboxylic acids is 1. The fourth-order valence-corrected chi connectivity index (χ4v) is 4.69. The highest BCUT2D eigenvalue weighted by molar-refractivity contribution is 7.99. The second-order valence-electron chi connectivity index (χ2n) is 6.97. The predicted molar refractivity (Wildman–Crippen MR) is 129 cm³/mol. The summed E-state index contributed by atoms with van der Waals surface area (Å²) < 4.78 is 5.31. The van der Waals surface area contributed by atoms with Crippen molar-refractivity contribution in [1.29, 1.82) is 0 Å². The van der Waals surface area contributed by atoms with E-state index in [1.807, 2.05) is 73.7 Å². The molecule has 0 bridgehead atoms. The Balaban J connectivity index is 1.37. The molecule has 32 heavy (non-hydrogen) atoms. The predicted octanol–water partition coefficient (Wildman–Crippen LogP) is 4.99. The zero-order valence-electron chi connectivity index (χ0n) is 17.7. The summed E-state index contributed by atoms with van der Waals surface area (Å²) in [6.07, 6.45) is 0. The highest BCUT2D eigenvalue weighted by Crippen LogP contribution is 2.35. The summed E-state index contributed by atoms with van der Waals surface area (Å²) in [6, 6.07) is 21.5. The van der Waals surface area contributed by atoms with E-state index in [0.717, 1.165) is 38.1 Å². The van der Waals surface area contributed by atoms with Crippen LogP contribution in [-0.2, 0) is 11.3 Å².